The van der Waals surface area contributed by atoms with E-state index < -0.39 is 16.0 Å². The van der Waals surface area contributed by atoms with Gasteiger partial charge in [-0.05, 0) is 44.2 Å². The van der Waals surface area contributed by atoms with E-state index >= 15 is 0 Å². The van der Waals surface area contributed by atoms with Crippen LogP contribution in [0.4, 0.5) is 0 Å². The minimum atomic E-state index is -3.50. The molecule has 0 heterocycles. The molecule has 0 spiro atoms. The normalized spacial score (nSPS) is 11.1. The molecule has 0 saturated heterocycles. The van der Waals surface area contributed by atoms with Crippen molar-refractivity contribution >= 4 is 21.9 Å². The van der Waals surface area contributed by atoms with Crippen LogP contribution < -0.4 is 10.0 Å². The average molecular weight is 328 g/mol. The molecule has 0 fully saturated rings. The van der Waals surface area contributed by atoms with E-state index in [4.69, 9.17) is 5.11 Å². The molecular formula is C14H20N2O5S. The van der Waals surface area contributed by atoms with Gasteiger partial charge < -0.3 is 10.4 Å². The summed E-state index contributed by atoms with van der Waals surface area (Å²) in [4.78, 5) is 22.3. The zero-order chi connectivity index (χ0) is 16.6. The van der Waals surface area contributed by atoms with Crippen molar-refractivity contribution in [1.82, 2.24) is 10.0 Å². The highest BCUT2D eigenvalue weighted by Crippen LogP contribution is 2.10. The van der Waals surface area contributed by atoms with E-state index in [1.54, 1.807) is 0 Å². The lowest BCUT2D eigenvalue weighted by Gasteiger charge is -2.06. The number of nitrogens with one attached hydrogen (secondary N) is 2. The number of carboxylic acids is 1. The van der Waals surface area contributed by atoms with Gasteiger partial charge in [-0.2, -0.15) is 0 Å². The average Bonchev–Trinajstić information content (AvgIpc) is 2.50. The summed E-state index contributed by atoms with van der Waals surface area (Å²) in [6, 6.07) is 5.63. The van der Waals surface area contributed by atoms with Crippen LogP contribution in [0.1, 0.15) is 36.0 Å². The maximum Gasteiger partial charge on any atom is 0.303 e. The van der Waals surface area contributed by atoms with Gasteiger partial charge in [-0.25, -0.2) is 13.1 Å². The predicted octanol–water partition coefficient (Wildman–Crippen LogP) is 0.969. The number of unbranched alkanes of at least 4 members (excludes halogenated alkanes) is 2. The molecule has 0 saturated carbocycles. The third-order valence-electron chi connectivity index (χ3n) is 3.05. The lowest BCUT2D eigenvalue weighted by atomic mass is 10.2. The highest BCUT2D eigenvalue weighted by Gasteiger charge is 2.12. The number of carboxylic acid groups (broad SMARTS) is 1. The number of hydrogen-bond donors (Lipinski definition) is 3. The van der Waals surface area contributed by atoms with E-state index in [2.05, 4.69) is 10.0 Å². The Kier molecular flexibility index (Phi) is 7.00. The number of benzene rings is 1. The molecule has 8 heteroatoms. The van der Waals surface area contributed by atoms with Crippen molar-refractivity contribution in [1.29, 1.82) is 0 Å². The van der Waals surface area contributed by atoms with Crippen molar-refractivity contribution in [2.45, 2.75) is 30.6 Å². The van der Waals surface area contributed by atoms with E-state index in [1.807, 2.05) is 0 Å². The number of amides is 1. The third-order valence-corrected chi connectivity index (χ3v) is 4.48. The van der Waals surface area contributed by atoms with Crippen molar-refractivity contribution in [3.05, 3.63) is 29.8 Å². The molecule has 0 aliphatic carbocycles. The highest BCUT2D eigenvalue weighted by atomic mass is 32.2. The van der Waals surface area contributed by atoms with E-state index in [0.29, 0.717) is 24.9 Å². The molecule has 122 valence electrons. The molecule has 0 radical (unpaired) electrons. The number of rotatable bonds is 9. The van der Waals surface area contributed by atoms with Gasteiger partial charge in [0.2, 0.25) is 10.0 Å². The van der Waals surface area contributed by atoms with Crippen LogP contribution in [-0.2, 0) is 14.8 Å². The van der Waals surface area contributed by atoms with Crippen molar-refractivity contribution in [3.8, 4) is 0 Å². The predicted molar refractivity (Wildman–Crippen MR) is 81.1 cm³/mol. The van der Waals surface area contributed by atoms with Crippen molar-refractivity contribution in [2.75, 3.05) is 13.6 Å². The maximum absolute atomic E-state index is 11.8. The van der Waals surface area contributed by atoms with E-state index in [9.17, 15) is 18.0 Å². The molecule has 1 amide bonds. The zero-order valence-electron chi connectivity index (χ0n) is 12.3. The molecule has 22 heavy (non-hydrogen) atoms. The molecule has 3 N–H and O–H groups in total. The van der Waals surface area contributed by atoms with E-state index in [0.717, 1.165) is 6.42 Å². The summed E-state index contributed by atoms with van der Waals surface area (Å²) in [6.07, 6.45) is 2.15. The summed E-state index contributed by atoms with van der Waals surface area (Å²) in [6.45, 7) is 0.453. The monoisotopic (exact) mass is 328 g/mol. The van der Waals surface area contributed by atoms with Gasteiger partial charge in [0.1, 0.15) is 0 Å². The van der Waals surface area contributed by atoms with Gasteiger partial charge in [0.05, 0.1) is 4.90 Å². The number of aliphatic carboxylic acids is 1. The van der Waals surface area contributed by atoms with Crippen molar-refractivity contribution in [3.63, 3.8) is 0 Å². The fraction of sp³-hybridized carbons (Fsp3) is 0.429. The quantitative estimate of drug-likeness (QED) is 0.585. The van der Waals surface area contributed by atoms with Gasteiger partial charge in [0, 0.05) is 18.5 Å². The second-order valence-corrected chi connectivity index (χ2v) is 6.58. The van der Waals surface area contributed by atoms with Gasteiger partial charge in [0.15, 0.2) is 0 Å². The van der Waals surface area contributed by atoms with Crippen LogP contribution in [0.15, 0.2) is 29.2 Å². The van der Waals surface area contributed by atoms with Gasteiger partial charge in [-0.3, -0.25) is 9.59 Å². The molecule has 0 unspecified atom stereocenters. The Morgan fingerprint density at radius 2 is 1.73 bits per heavy atom. The summed E-state index contributed by atoms with van der Waals surface area (Å²) >= 11 is 0. The lowest BCUT2D eigenvalue weighted by molar-refractivity contribution is -0.137. The van der Waals surface area contributed by atoms with Crippen LogP contribution in [0.25, 0.3) is 0 Å². The molecule has 0 bridgehead atoms. The lowest BCUT2D eigenvalue weighted by Crippen LogP contribution is -2.24. The minimum absolute atomic E-state index is 0.0974. The molecule has 1 rings (SSSR count). The van der Waals surface area contributed by atoms with Crippen LogP contribution in [0, 0.1) is 0 Å². The Morgan fingerprint density at radius 1 is 1.09 bits per heavy atom. The van der Waals surface area contributed by atoms with E-state index in [1.165, 1.54) is 31.3 Å². The van der Waals surface area contributed by atoms with Crippen LogP contribution in [0.2, 0.25) is 0 Å². The van der Waals surface area contributed by atoms with Crippen molar-refractivity contribution in [2.24, 2.45) is 0 Å². The number of sulfonamides is 1. The Morgan fingerprint density at radius 3 is 2.27 bits per heavy atom. The highest BCUT2D eigenvalue weighted by molar-refractivity contribution is 7.89. The standard InChI is InChI=1S/C14H20N2O5S/c1-15-22(20,21)12-8-6-11(7-9-12)14(19)16-10-4-2-3-5-13(17)18/h6-9,15H,2-5,10H2,1H3,(H,16,19)(H,17,18). The zero-order valence-corrected chi connectivity index (χ0v) is 13.1. The second-order valence-electron chi connectivity index (χ2n) is 4.69. The molecule has 0 aliphatic heterocycles. The minimum Gasteiger partial charge on any atom is -0.481 e. The molecule has 7 nitrogen and oxygen atoms in total. The smallest absolute Gasteiger partial charge is 0.303 e. The Balaban J connectivity index is 2.42. The fourth-order valence-corrected chi connectivity index (χ4v) is 2.52. The summed E-state index contributed by atoms with van der Waals surface area (Å²) in [5, 5.41) is 11.2. The Labute approximate surface area is 129 Å². The van der Waals surface area contributed by atoms with E-state index in [-0.39, 0.29) is 17.2 Å². The number of hydrogen-bond acceptors (Lipinski definition) is 4. The Hall–Kier alpha value is -1.93. The molecule has 0 aliphatic rings. The first-order chi connectivity index (χ1) is 10.4. The first-order valence-corrected chi connectivity index (χ1v) is 8.39. The topological polar surface area (TPSA) is 113 Å². The van der Waals surface area contributed by atoms with Gasteiger partial charge in [-0.15, -0.1) is 0 Å². The third kappa shape index (κ3) is 5.82. The van der Waals surface area contributed by atoms with Gasteiger partial charge in [0.25, 0.3) is 5.91 Å². The van der Waals surface area contributed by atoms with Crippen LogP contribution >= 0.6 is 0 Å². The molecule has 1 aromatic carbocycles. The molecule has 0 atom stereocenters. The van der Waals surface area contributed by atoms with Crippen LogP contribution in [0.3, 0.4) is 0 Å². The molecular weight excluding hydrogens is 308 g/mol. The van der Waals surface area contributed by atoms with Gasteiger partial charge >= 0.3 is 5.97 Å². The largest absolute Gasteiger partial charge is 0.481 e. The molecule has 1 aromatic rings. The van der Waals surface area contributed by atoms with Crippen LogP contribution in [0.5, 0.6) is 0 Å². The summed E-state index contributed by atoms with van der Waals surface area (Å²) in [5.74, 6) is -1.10. The van der Waals surface area contributed by atoms with Gasteiger partial charge in [-0.1, -0.05) is 6.42 Å². The first-order valence-electron chi connectivity index (χ1n) is 6.90. The summed E-state index contributed by atoms with van der Waals surface area (Å²) in [5.41, 5.74) is 0.376. The number of carbonyl (C=O) groups is 2. The van der Waals surface area contributed by atoms with Crippen molar-refractivity contribution < 1.29 is 23.1 Å². The summed E-state index contributed by atoms with van der Waals surface area (Å²) in [7, 11) is -2.18. The Bertz CT molecular complexity index is 611. The van der Waals surface area contributed by atoms with Crippen LogP contribution in [-0.4, -0.2) is 39.0 Å². The number of carbonyl (C=O) groups excluding carboxylic acids is 1. The molecule has 0 aromatic heterocycles. The SMILES string of the molecule is CNS(=O)(=O)c1ccc(C(=O)NCCCCCC(=O)O)cc1. The second kappa shape index (κ2) is 8.50. The fourth-order valence-electron chi connectivity index (χ4n) is 1.79. The summed E-state index contributed by atoms with van der Waals surface area (Å²) < 4.78 is 25.3. The first kappa shape index (κ1) is 18.1. The maximum atomic E-state index is 11.8.